The predicted octanol–water partition coefficient (Wildman–Crippen LogP) is 6.21. The van der Waals surface area contributed by atoms with Crippen LogP contribution >= 0.6 is 34.4 Å². The molecule has 0 bridgehead atoms. The van der Waals surface area contributed by atoms with Crippen LogP contribution in [0.3, 0.4) is 0 Å². The highest BCUT2D eigenvalue weighted by Gasteiger charge is 2.27. The Balaban J connectivity index is 2.09. The van der Waals surface area contributed by atoms with Crippen LogP contribution in [0.2, 0.25) is 0 Å². The topological polar surface area (TPSA) is 15.3 Å². The number of allylic oxidation sites excluding steroid dienone is 1. The summed E-state index contributed by atoms with van der Waals surface area (Å²) in [6, 6.07) is 7.13. The molecule has 2 aromatic carbocycles. The van der Waals surface area contributed by atoms with E-state index in [2.05, 4.69) is 5.32 Å². The maximum absolute atomic E-state index is 14.5. The monoisotopic (exact) mass is 462 g/mol. The Bertz CT molecular complexity index is 826. The summed E-state index contributed by atoms with van der Waals surface area (Å²) in [7, 11) is 0. The number of hydrogen-bond donors (Lipinski definition) is 1. The average molecular weight is 462 g/mol. The van der Waals surface area contributed by atoms with Crippen LogP contribution in [0.15, 0.2) is 41.4 Å². The Morgan fingerprint density at radius 2 is 1.88 bits per heavy atom. The predicted molar refractivity (Wildman–Crippen MR) is 102 cm³/mol. The van der Waals surface area contributed by atoms with Crippen molar-refractivity contribution in [2.24, 2.45) is 0 Å². The van der Waals surface area contributed by atoms with Crippen LogP contribution in [0.4, 0.5) is 30.2 Å². The Morgan fingerprint density at radius 3 is 2.50 bits per heavy atom. The molecule has 2 aromatic rings. The highest BCUT2D eigenvalue weighted by molar-refractivity contribution is 14.1. The third kappa shape index (κ3) is 3.23. The quantitative estimate of drug-likeness (QED) is 0.546. The maximum atomic E-state index is 14.5. The van der Waals surface area contributed by atoms with Crippen molar-refractivity contribution in [1.29, 1.82) is 0 Å². The molecule has 0 spiro atoms. The summed E-state index contributed by atoms with van der Waals surface area (Å²) in [4.78, 5) is 1.89. The molecule has 24 heavy (non-hydrogen) atoms. The van der Waals surface area contributed by atoms with Crippen molar-refractivity contribution < 1.29 is 13.2 Å². The molecule has 7 heteroatoms. The molecular weight excluding hydrogens is 448 g/mol. The fourth-order valence-corrected chi connectivity index (χ4v) is 3.94. The zero-order chi connectivity index (χ0) is 17.4. The SMILES string of the molecule is CC1=CSC(C)N1c1ccc(F)c(F)c1Nc1ccc(I)cc1F. The van der Waals surface area contributed by atoms with Crippen LogP contribution in [0.25, 0.3) is 0 Å². The summed E-state index contributed by atoms with van der Waals surface area (Å²) < 4.78 is 43.1. The summed E-state index contributed by atoms with van der Waals surface area (Å²) >= 11 is 3.57. The first-order valence-electron chi connectivity index (χ1n) is 7.20. The minimum Gasteiger partial charge on any atom is -0.349 e. The first-order valence-corrected chi connectivity index (χ1v) is 9.22. The lowest BCUT2D eigenvalue weighted by Crippen LogP contribution is -2.25. The van der Waals surface area contributed by atoms with Crippen molar-refractivity contribution >= 4 is 51.4 Å². The van der Waals surface area contributed by atoms with Crippen LogP contribution in [0, 0.1) is 21.0 Å². The van der Waals surface area contributed by atoms with E-state index < -0.39 is 17.5 Å². The molecule has 1 aliphatic heterocycles. The second kappa shape index (κ2) is 6.87. The lowest BCUT2D eigenvalue weighted by Gasteiger charge is -2.28. The molecule has 0 saturated heterocycles. The Hall–Kier alpha value is -1.35. The van der Waals surface area contributed by atoms with Gasteiger partial charge in [-0.15, -0.1) is 11.8 Å². The number of hydrogen-bond acceptors (Lipinski definition) is 3. The van der Waals surface area contributed by atoms with Gasteiger partial charge in [-0.05, 0) is 72.2 Å². The van der Waals surface area contributed by atoms with E-state index in [9.17, 15) is 13.2 Å². The second-order valence-electron chi connectivity index (χ2n) is 5.37. The van der Waals surface area contributed by atoms with Gasteiger partial charge in [0.25, 0.3) is 0 Å². The number of nitrogens with zero attached hydrogens (tertiary/aromatic N) is 1. The van der Waals surface area contributed by atoms with Gasteiger partial charge in [0.2, 0.25) is 0 Å². The standard InChI is InChI=1S/C17H14F3IN2S/c1-9-8-24-10(2)23(9)15-6-4-12(18)16(20)17(15)22-14-5-3-11(21)7-13(14)19/h3-8,10,22H,1-2H3. The molecule has 0 saturated carbocycles. The molecule has 1 atom stereocenters. The van der Waals surface area contributed by atoms with E-state index in [1.54, 1.807) is 17.8 Å². The molecule has 0 fully saturated rings. The molecule has 126 valence electrons. The summed E-state index contributed by atoms with van der Waals surface area (Å²) in [5, 5.41) is 4.72. The van der Waals surface area contributed by atoms with E-state index in [-0.39, 0.29) is 16.7 Å². The van der Waals surface area contributed by atoms with E-state index in [0.29, 0.717) is 5.69 Å². The van der Waals surface area contributed by atoms with Crippen molar-refractivity contribution in [3.8, 4) is 0 Å². The van der Waals surface area contributed by atoms with Gasteiger partial charge in [0.15, 0.2) is 11.6 Å². The highest BCUT2D eigenvalue weighted by Crippen LogP contribution is 2.41. The van der Waals surface area contributed by atoms with Gasteiger partial charge in [-0.25, -0.2) is 13.2 Å². The zero-order valence-corrected chi connectivity index (χ0v) is 15.9. The number of anilines is 3. The maximum Gasteiger partial charge on any atom is 0.184 e. The largest absolute Gasteiger partial charge is 0.349 e. The van der Waals surface area contributed by atoms with E-state index in [1.165, 1.54) is 18.2 Å². The van der Waals surface area contributed by atoms with Gasteiger partial charge in [0.1, 0.15) is 11.5 Å². The fraction of sp³-hybridized carbons (Fsp3) is 0.176. The minimum atomic E-state index is -1.03. The molecule has 0 radical (unpaired) electrons. The van der Waals surface area contributed by atoms with Crippen molar-refractivity contribution in [3.63, 3.8) is 0 Å². The lowest BCUT2D eigenvalue weighted by atomic mass is 10.2. The van der Waals surface area contributed by atoms with E-state index in [4.69, 9.17) is 0 Å². The molecule has 0 aromatic heterocycles. The Morgan fingerprint density at radius 1 is 1.12 bits per heavy atom. The second-order valence-corrected chi connectivity index (χ2v) is 7.81. The fourth-order valence-electron chi connectivity index (χ4n) is 2.57. The Kier molecular flexibility index (Phi) is 5.00. The smallest absolute Gasteiger partial charge is 0.184 e. The molecule has 0 amide bonds. The normalized spacial score (nSPS) is 17.2. The first-order chi connectivity index (χ1) is 11.4. The molecule has 1 unspecified atom stereocenters. The van der Waals surface area contributed by atoms with E-state index >= 15 is 0 Å². The van der Waals surface area contributed by atoms with Gasteiger partial charge in [0, 0.05) is 9.27 Å². The van der Waals surface area contributed by atoms with E-state index in [1.807, 2.05) is 46.7 Å². The summed E-state index contributed by atoms with van der Waals surface area (Å²) in [6.45, 7) is 3.86. The van der Waals surface area contributed by atoms with Gasteiger partial charge >= 0.3 is 0 Å². The van der Waals surface area contributed by atoms with Crippen LogP contribution < -0.4 is 10.2 Å². The van der Waals surface area contributed by atoms with Crippen molar-refractivity contribution in [1.82, 2.24) is 0 Å². The van der Waals surface area contributed by atoms with Crippen LogP contribution in [0.5, 0.6) is 0 Å². The van der Waals surface area contributed by atoms with Gasteiger partial charge < -0.3 is 10.2 Å². The number of rotatable bonds is 3. The first kappa shape index (κ1) is 17.5. The number of benzene rings is 2. The van der Waals surface area contributed by atoms with Crippen LogP contribution in [0.1, 0.15) is 13.8 Å². The van der Waals surface area contributed by atoms with Gasteiger partial charge in [0.05, 0.1) is 16.7 Å². The molecule has 1 aliphatic rings. The zero-order valence-electron chi connectivity index (χ0n) is 12.9. The number of thioether (sulfide) groups is 1. The number of nitrogens with one attached hydrogen (secondary N) is 1. The molecule has 2 nitrogen and oxygen atoms in total. The third-order valence-electron chi connectivity index (χ3n) is 3.70. The van der Waals surface area contributed by atoms with Gasteiger partial charge in [-0.1, -0.05) is 0 Å². The molecular formula is C17H14F3IN2S. The summed E-state index contributed by atoms with van der Waals surface area (Å²) in [5.74, 6) is -2.52. The van der Waals surface area contributed by atoms with Crippen molar-refractivity contribution in [3.05, 3.63) is 62.5 Å². The minimum absolute atomic E-state index is 0.0389. The van der Waals surface area contributed by atoms with E-state index in [0.717, 1.165) is 15.3 Å². The van der Waals surface area contributed by atoms with Crippen LogP contribution in [-0.2, 0) is 0 Å². The highest BCUT2D eigenvalue weighted by atomic mass is 127. The number of halogens is 4. The summed E-state index contributed by atoms with van der Waals surface area (Å²) in [5.41, 5.74) is 1.42. The molecule has 1 N–H and O–H groups in total. The molecule has 0 aliphatic carbocycles. The van der Waals surface area contributed by atoms with Crippen molar-refractivity contribution in [2.45, 2.75) is 19.2 Å². The van der Waals surface area contributed by atoms with Gasteiger partial charge in [-0.3, -0.25) is 0 Å². The lowest BCUT2D eigenvalue weighted by molar-refractivity contribution is 0.511. The Labute approximate surface area is 156 Å². The third-order valence-corrected chi connectivity index (χ3v) is 5.46. The van der Waals surface area contributed by atoms with Crippen LogP contribution in [-0.4, -0.2) is 5.37 Å². The molecule has 3 rings (SSSR count). The van der Waals surface area contributed by atoms with Crippen molar-refractivity contribution in [2.75, 3.05) is 10.2 Å². The van der Waals surface area contributed by atoms with Gasteiger partial charge in [-0.2, -0.15) is 0 Å². The summed E-state index contributed by atoms with van der Waals surface area (Å²) in [6.07, 6.45) is 0. The average Bonchev–Trinajstić information content (AvgIpc) is 2.86. The molecule has 1 heterocycles.